The Hall–Kier alpha value is -0.770. The molecule has 3 N–H and O–H groups in total. The Morgan fingerprint density at radius 2 is 2.06 bits per heavy atom. The molecule has 0 saturated carbocycles. The molecule has 0 radical (unpaired) electrons. The molecule has 1 rings (SSSR count). The quantitative estimate of drug-likeness (QED) is 0.851. The van der Waals surface area contributed by atoms with Crippen molar-refractivity contribution in [2.45, 2.75) is 32.9 Å². The highest BCUT2D eigenvalue weighted by molar-refractivity contribution is 6.30. The number of halogens is 1. The first kappa shape index (κ1) is 14.3. The molecule has 0 spiro atoms. The zero-order chi connectivity index (χ0) is 13.1. The minimum atomic E-state index is -0.0960. The topological polar surface area (TPSA) is 47.3 Å². The minimum Gasteiger partial charge on any atom is -0.496 e. The van der Waals surface area contributed by atoms with Crippen LogP contribution in [0.15, 0.2) is 12.1 Å². The van der Waals surface area contributed by atoms with Gasteiger partial charge in [-0.1, -0.05) is 11.6 Å². The lowest BCUT2D eigenvalue weighted by atomic mass is 10.0. The fourth-order valence-corrected chi connectivity index (χ4v) is 1.92. The summed E-state index contributed by atoms with van der Waals surface area (Å²) in [6.07, 6.45) is 0. The third kappa shape index (κ3) is 3.87. The smallest absolute Gasteiger partial charge is 0.126 e. The van der Waals surface area contributed by atoms with Crippen LogP contribution in [0.2, 0.25) is 5.02 Å². The summed E-state index contributed by atoms with van der Waals surface area (Å²) in [5, 5.41) is 4.12. The van der Waals surface area contributed by atoms with E-state index in [2.05, 4.69) is 19.2 Å². The molecule has 0 atom stereocenters. The summed E-state index contributed by atoms with van der Waals surface area (Å²) >= 11 is 6.05. The Kier molecular flexibility index (Phi) is 4.80. The van der Waals surface area contributed by atoms with E-state index in [1.165, 1.54) is 0 Å². The van der Waals surface area contributed by atoms with Gasteiger partial charge in [0.2, 0.25) is 0 Å². The minimum absolute atomic E-state index is 0.0960. The molecule has 0 amide bonds. The maximum absolute atomic E-state index is 6.05. The Morgan fingerprint density at radius 1 is 1.41 bits per heavy atom. The van der Waals surface area contributed by atoms with E-state index in [0.29, 0.717) is 13.1 Å². The summed E-state index contributed by atoms with van der Waals surface area (Å²) < 4.78 is 5.40. The van der Waals surface area contributed by atoms with Crippen LogP contribution in [0.1, 0.15) is 25.0 Å². The van der Waals surface area contributed by atoms with Crippen LogP contribution in [0.5, 0.6) is 5.75 Å². The van der Waals surface area contributed by atoms with Gasteiger partial charge in [-0.05, 0) is 38.5 Å². The third-order valence-electron chi connectivity index (χ3n) is 2.79. The number of hydrogen-bond acceptors (Lipinski definition) is 3. The average molecular weight is 257 g/mol. The number of benzene rings is 1. The fourth-order valence-electron chi connectivity index (χ4n) is 1.63. The number of aryl methyl sites for hydroxylation is 1. The molecule has 0 heterocycles. The van der Waals surface area contributed by atoms with E-state index in [1.807, 2.05) is 19.1 Å². The number of rotatable bonds is 5. The molecular weight excluding hydrogens is 236 g/mol. The SMILES string of the molecule is COc1c(C)cc(Cl)cc1CNC(C)(C)CN. The first-order valence-corrected chi connectivity index (χ1v) is 6.05. The van der Waals surface area contributed by atoms with E-state index in [9.17, 15) is 0 Å². The highest BCUT2D eigenvalue weighted by Crippen LogP contribution is 2.27. The standard InChI is InChI=1S/C13H21ClN2O/c1-9-5-11(14)6-10(12(9)17-4)7-16-13(2,3)8-15/h5-6,16H,7-8,15H2,1-4H3. The lowest BCUT2D eigenvalue weighted by Crippen LogP contribution is -2.45. The maximum atomic E-state index is 6.05. The first-order valence-electron chi connectivity index (χ1n) is 5.67. The Morgan fingerprint density at radius 3 is 2.59 bits per heavy atom. The molecule has 0 unspecified atom stereocenters. The lowest BCUT2D eigenvalue weighted by Gasteiger charge is -2.25. The Bertz CT molecular complexity index is 391. The molecule has 96 valence electrons. The van der Waals surface area contributed by atoms with E-state index in [0.717, 1.165) is 21.9 Å². The van der Waals surface area contributed by atoms with Crippen molar-refractivity contribution in [3.8, 4) is 5.75 Å². The van der Waals surface area contributed by atoms with Gasteiger partial charge in [0, 0.05) is 29.2 Å². The third-order valence-corrected chi connectivity index (χ3v) is 3.01. The molecule has 0 aliphatic rings. The van der Waals surface area contributed by atoms with E-state index < -0.39 is 0 Å². The van der Waals surface area contributed by atoms with Gasteiger partial charge in [0.15, 0.2) is 0 Å². The lowest BCUT2D eigenvalue weighted by molar-refractivity contribution is 0.378. The second kappa shape index (κ2) is 5.71. The molecular formula is C13H21ClN2O. The zero-order valence-corrected chi connectivity index (χ0v) is 11.7. The molecule has 0 aliphatic heterocycles. The van der Waals surface area contributed by atoms with Crippen molar-refractivity contribution in [1.82, 2.24) is 5.32 Å². The Labute approximate surface area is 108 Å². The molecule has 17 heavy (non-hydrogen) atoms. The van der Waals surface area contributed by atoms with Crippen LogP contribution in [0.3, 0.4) is 0 Å². The molecule has 1 aromatic rings. The maximum Gasteiger partial charge on any atom is 0.126 e. The number of methoxy groups -OCH3 is 1. The first-order chi connectivity index (χ1) is 7.89. The summed E-state index contributed by atoms with van der Waals surface area (Å²) in [6.45, 7) is 7.39. The van der Waals surface area contributed by atoms with Crippen molar-refractivity contribution >= 4 is 11.6 Å². The number of hydrogen-bond donors (Lipinski definition) is 2. The molecule has 0 aliphatic carbocycles. The van der Waals surface area contributed by atoms with Crippen LogP contribution in [-0.2, 0) is 6.54 Å². The van der Waals surface area contributed by atoms with Crippen LogP contribution in [0.4, 0.5) is 0 Å². The second-order valence-corrected chi connectivity index (χ2v) is 5.29. The van der Waals surface area contributed by atoms with Gasteiger partial charge in [-0.2, -0.15) is 0 Å². The molecule has 0 aromatic heterocycles. The van der Waals surface area contributed by atoms with Crippen LogP contribution < -0.4 is 15.8 Å². The van der Waals surface area contributed by atoms with Crippen molar-refractivity contribution < 1.29 is 4.74 Å². The predicted octanol–water partition coefficient (Wildman–Crippen LogP) is 2.48. The summed E-state index contributed by atoms with van der Waals surface area (Å²) in [4.78, 5) is 0. The monoisotopic (exact) mass is 256 g/mol. The van der Waals surface area contributed by atoms with Gasteiger partial charge in [0.1, 0.15) is 5.75 Å². The zero-order valence-electron chi connectivity index (χ0n) is 10.9. The highest BCUT2D eigenvalue weighted by atomic mass is 35.5. The summed E-state index contributed by atoms with van der Waals surface area (Å²) in [5.41, 5.74) is 7.68. The number of ether oxygens (including phenoxy) is 1. The molecule has 0 fully saturated rings. The van der Waals surface area contributed by atoms with E-state index in [4.69, 9.17) is 22.1 Å². The summed E-state index contributed by atoms with van der Waals surface area (Å²) in [5.74, 6) is 0.884. The molecule has 1 aromatic carbocycles. The van der Waals surface area contributed by atoms with Crippen LogP contribution in [0.25, 0.3) is 0 Å². The molecule has 0 saturated heterocycles. The van der Waals surface area contributed by atoms with Gasteiger partial charge < -0.3 is 15.8 Å². The predicted molar refractivity (Wildman–Crippen MR) is 72.7 cm³/mol. The highest BCUT2D eigenvalue weighted by Gasteiger charge is 2.16. The summed E-state index contributed by atoms with van der Waals surface area (Å²) in [7, 11) is 1.67. The van der Waals surface area contributed by atoms with Crippen molar-refractivity contribution in [1.29, 1.82) is 0 Å². The van der Waals surface area contributed by atoms with Crippen molar-refractivity contribution in [3.63, 3.8) is 0 Å². The summed E-state index contributed by atoms with van der Waals surface area (Å²) in [6, 6.07) is 3.82. The van der Waals surface area contributed by atoms with Gasteiger partial charge in [0.05, 0.1) is 7.11 Å². The second-order valence-electron chi connectivity index (χ2n) is 4.86. The van der Waals surface area contributed by atoms with Gasteiger partial charge in [-0.25, -0.2) is 0 Å². The largest absolute Gasteiger partial charge is 0.496 e. The van der Waals surface area contributed by atoms with Gasteiger partial charge >= 0.3 is 0 Å². The van der Waals surface area contributed by atoms with Gasteiger partial charge in [-0.3, -0.25) is 0 Å². The number of nitrogens with two attached hydrogens (primary N) is 1. The molecule has 3 nitrogen and oxygen atoms in total. The van der Waals surface area contributed by atoms with Crippen LogP contribution in [-0.4, -0.2) is 19.2 Å². The van der Waals surface area contributed by atoms with Crippen molar-refractivity contribution in [2.24, 2.45) is 5.73 Å². The van der Waals surface area contributed by atoms with Gasteiger partial charge in [0.25, 0.3) is 0 Å². The molecule has 4 heteroatoms. The van der Waals surface area contributed by atoms with Gasteiger partial charge in [-0.15, -0.1) is 0 Å². The Balaban J connectivity index is 2.90. The fraction of sp³-hybridized carbons (Fsp3) is 0.538. The number of nitrogens with one attached hydrogen (secondary N) is 1. The van der Waals surface area contributed by atoms with Crippen molar-refractivity contribution in [3.05, 3.63) is 28.3 Å². The van der Waals surface area contributed by atoms with Crippen LogP contribution in [0, 0.1) is 6.92 Å². The van der Waals surface area contributed by atoms with E-state index in [-0.39, 0.29) is 5.54 Å². The van der Waals surface area contributed by atoms with E-state index in [1.54, 1.807) is 7.11 Å². The normalized spacial score (nSPS) is 11.6. The molecule has 0 bridgehead atoms. The van der Waals surface area contributed by atoms with Crippen LogP contribution >= 0.6 is 11.6 Å². The van der Waals surface area contributed by atoms with E-state index >= 15 is 0 Å². The van der Waals surface area contributed by atoms with Crippen molar-refractivity contribution in [2.75, 3.05) is 13.7 Å². The average Bonchev–Trinajstić information content (AvgIpc) is 2.26.